The van der Waals surface area contributed by atoms with Crippen molar-refractivity contribution in [2.75, 3.05) is 7.11 Å². The van der Waals surface area contributed by atoms with Crippen molar-refractivity contribution >= 4 is 12.0 Å². The second-order valence-electron chi connectivity index (χ2n) is 4.24. The molecule has 1 fully saturated rings. The summed E-state index contributed by atoms with van der Waals surface area (Å²) in [7, 11) is 1.38. The van der Waals surface area contributed by atoms with Crippen LogP contribution in [0.5, 0.6) is 0 Å². The molecule has 0 saturated heterocycles. The Kier molecular flexibility index (Phi) is 4.83. The van der Waals surface area contributed by atoms with Crippen molar-refractivity contribution in [2.45, 2.75) is 38.3 Å². The third kappa shape index (κ3) is 3.99. The van der Waals surface area contributed by atoms with Crippen LogP contribution in [0, 0.1) is 18.3 Å². The van der Waals surface area contributed by atoms with Crippen LogP contribution in [-0.2, 0) is 9.53 Å². The lowest BCUT2D eigenvalue weighted by Crippen LogP contribution is -2.44. The lowest BCUT2D eigenvalue weighted by atomic mass is 10.1. The van der Waals surface area contributed by atoms with Gasteiger partial charge in [0.05, 0.1) is 19.1 Å². The van der Waals surface area contributed by atoms with Crippen molar-refractivity contribution in [3.05, 3.63) is 0 Å². The highest BCUT2D eigenvalue weighted by Gasteiger charge is 2.31. The minimum absolute atomic E-state index is 0.0177. The van der Waals surface area contributed by atoms with E-state index < -0.39 is 0 Å². The highest BCUT2D eigenvalue weighted by atomic mass is 16.5. The standard InChI is InChI=1S/C12H18N2O3/c1-4-8(2)13-12(16)14-10-6-5-9(7-10)11(15)17-3/h1,8-10H,5-7H2,2-3H3,(H2,13,14,16)/t8-,9+,10+/m0/s1. The van der Waals surface area contributed by atoms with Crippen molar-refractivity contribution in [1.29, 1.82) is 0 Å². The number of rotatable bonds is 3. The highest BCUT2D eigenvalue weighted by Crippen LogP contribution is 2.26. The summed E-state index contributed by atoms with van der Waals surface area (Å²) in [5.41, 5.74) is 0. The summed E-state index contributed by atoms with van der Waals surface area (Å²) >= 11 is 0. The summed E-state index contributed by atoms with van der Waals surface area (Å²) < 4.78 is 4.68. The quantitative estimate of drug-likeness (QED) is 0.560. The lowest BCUT2D eigenvalue weighted by Gasteiger charge is -2.15. The van der Waals surface area contributed by atoms with E-state index >= 15 is 0 Å². The minimum Gasteiger partial charge on any atom is -0.469 e. The molecule has 17 heavy (non-hydrogen) atoms. The van der Waals surface area contributed by atoms with Crippen LogP contribution in [-0.4, -0.2) is 31.2 Å². The van der Waals surface area contributed by atoms with Gasteiger partial charge in [0.25, 0.3) is 0 Å². The number of carbonyl (C=O) groups is 2. The number of amides is 2. The number of esters is 1. The van der Waals surface area contributed by atoms with Crippen LogP contribution >= 0.6 is 0 Å². The van der Waals surface area contributed by atoms with Crippen molar-refractivity contribution in [3.8, 4) is 12.3 Å². The first kappa shape index (κ1) is 13.4. The molecule has 5 nitrogen and oxygen atoms in total. The molecule has 1 rings (SSSR count). The van der Waals surface area contributed by atoms with Gasteiger partial charge in [-0.15, -0.1) is 6.42 Å². The van der Waals surface area contributed by atoms with Crippen molar-refractivity contribution in [1.82, 2.24) is 10.6 Å². The van der Waals surface area contributed by atoms with E-state index in [1.807, 2.05) is 0 Å². The number of ether oxygens (including phenoxy) is 1. The molecule has 1 aliphatic carbocycles. The zero-order chi connectivity index (χ0) is 12.8. The Hall–Kier alpha value is -1.70. The molecule has 0 radical (unpaired) electrons. The molecule has 0 heterocycles. The molecule has 0 aromatic carbocycles. The number of urea groups is 1. The number of hydrogen-bond acceptors (Lipinski definition) is 3. The van der Waals surface area contributed by atoms with E-state index in [0.717, 1.165) is 12.8 Å². The molecule has 0 spiro atoms. The molecule has 0 bridgehead atoms. The van der Waals surface area contributed by atoms with Gasteiger partial charge >= 0.3 is 12.0 Å². The van der Waals surface area contributed by atoms with E-state index in [-0.39, 0.29) is 30.0 Å². The Morgan fingerprint density at radius 3 is 2.76 bits per heavy atom. The summed E-state index contributed by atoms with van der Waals surface area (Å²) in [4.78, 5) is 22.8. The Balaban J connectivity index is 2.33. The van der Waals surface area contributed by atoms with Crippen molar-refractivity contribution in [3.63, 3.8) is 0 Å². The summed E-state index contributed by atoms with van der Waals surface area (Å²) in [6, 6.07) is -0.567. The van der Waals surface area contributed by atoms with E-state index in [1.54, 1.807) is 6.92 Å². The first-order valence-electron chi connectivity index (χ1n) is 5.67. The van der Waals surface area contributed by atoms with E-state index in [0.29, 0.717) is 6.42 Å². The smallest absolute Gasteiger partial charge is 0.315 e. The summed E-state index contributed by atoms with van der Waals surface area (Å²) in [6.07, 6.45) is 7.33. The molecule has 2 N–H and O–H groups in total. The van der Waals surface area contributed by atoms with E-state index in [1.165, 1.54) is 7.11 Å². The third-order valence-corrected chi connectivity index (χ3v) is 2.90. The Labute approximate surface area is 101 Å². The fourth-order valence-corrected chi connectivity index (χ4v) is 1.96. The number of hydrogen-bond donors (Lipinski definition) is 2. The van der Waals surface area contributed by atoms with Crippen LogP contribution < -0.4 is 10.6 Å². The molecule has 0 unspecified atom stereocenters. The predicted molar refractivity (Wildman–Crippen MR) is 63.1 cm³/mol. The molecule has 3 atom stereocenters. The number of carbonyl (C=O) groups excluding carboxylic acids is 2. The lowest BCUT2D eigenvalue weighted by molar-refractivity contribution is -0.145. The zero-order valence-corrected chi connectivity index (χ0v) is 10.2. The van der Waals surface area contributed by atoms with Gasteiger partial charge in [-0.05, 0) is 26.2 Å². The fourth-order valence-electron chi connectivity index (χ4n) is 1.96. The molecular formula is C12H18N2O3. The van der Waals surface area contributed by atoms with Gasteiger partial charge in [0.2, 0.25) is 0 Å². The largest absolute Gasteiger partial charge is 0.469 e. The number of nitrogens with one attached hydrogen (secondary N) is 2. The van der Waals surface area contributed by atoms with E-state index in [9.17, 15) is 9.59 Å². The van der Waals surface area contributed by atoms with Crippen LogP contribution in [0.2, 0.25) is 0 Å². The highest BCUT2D eigenvalue weighted by molar-refractivity contribution is 5.76. The average molecular weight is 238 g/mol. The van der Waals surface area contributed by atoms with Gasteiger partial charge in [0.1, 0.15) is 0 Å². The number of methoxy groups -OCH3 is 1. The van der Waals surface area contributed by atoms with E-state index in [2.05, 4.69) is 21.3 Å². The molecule has 0 aromatic heterocycles. The SMILES string of the molecule is C#C[C@H](C)NC(=O)N[C@@H]1CC[C@@H](C(=O)OC)C1. The molecule has 0 aliphatic heterocycles. The molecule has 1 aliphatic rings. The maximum Gasteiger partial charge on any atom is 0.315 e. The Bertz CT molecular complexity index is 335. The van der Waals surface area contributed by atoms with Crippen molar-refractivity contribution < 1.29 is 14.3 Å². The average Bonchev–Trinajstić information content (AvgIpc) is 2.76. The topological polar surface area (TPSA) is 67.4 Å². The minimum atomic E-state index is -0.298. The van der Waals surface area contributed by atoms with Crippen LogP contribution in [0.1, 0.15) is 26.2 Å². The van der Waals surface area contributed by atoms with Gasteiger partial charge in [-0.3, -0.25) is 4.79 Å². The summed E-state index contributed by atoms with van der Waals surface area (Å²) in [5.74, 6) is 2.11. The molecule has 1 saturated carbocycles. The van der Waals surface area contributed by atoms with Gasteiger partial charge in [-0.25, -0.2) is 4.79 Å². The molecule has 5 heteroatoms. The second-order valence-corrected chi connectivity index (χ2v) is 4.24. The van der Waals surface area contributed by atoms with E-state index in [4.69, 9.17) is 6.42 Å². The van der Waals surface area contributed by atoms with Gasteiger partial charge in [-0.2, -0.15) is 0 Å². The third-order valence-electron chi connectivity index (χ3n) is 2.90. The maximum absolute atomic E-state index is 11.5. The summed E-state index contributed by atoms with van der Waals surface area (Å²) in [5, 5.41) is 5.41. The van der Waals surface area contributed by atoms with Gasteiger partial charge in [0.15, 0.2) is 0 Å². The van der Waals surface area contributed by atoms with Crippen LogP contribution in [0.25, 0.3) is 0 Å². The fraction of sp³-hybridized carbons (Fsp3) is 0.667. The van der Waals surface area contributed by atoms with Gasteiger partial charge in [-0.1, -0.05) is 5.92 Å². The first-order chi connectivity index (χ1) is 8.06. The molecule has 0 aromatic rings. The Morgan fingerprint density at radius 1 is 1.47 bits per heavy atom. The van der Waals surface area contributed by atoms with Crippen molar-refractivity contribution in [2.24, 2.45) is 5.92 Å². The molecule has 2 amide bonds. The van der Waals surface area contributed by atoms with Crippen LogP contribution in [0.15, 0.2) is 0 Å². The second kappa shape index (κ2) is 6.14. The molecule has 94 valence electrons. The normalized spacial score (nSPS) is 24.5. The predicted octanol–water partition coefficient (Wildman–Crippen LogP) is 0.649. The number of terminal acetylenes is 1. The monoisotopic (exact) mass is 238 g/mol. The van der Waals surface area contributed by atoms with Crippen LogP contribution in [0.3, 0.4) is 0 Å². The summed E-state index contributed by atoms with van der Waals surface area (Å²) in [6.45, 7) is 1.73. The Morgan fingerprint density at radius 2 is 2.18 bits per heavy atom. The first-order valence-corrected chi connectivity index (χ1v) is 5.67. The van der Waals surface area contributed by atoms with Gasteiger partial charge < -0.3 is 15.4 Å². The maximum atomic E-state index is 11.5. The van der Waals surface area contributed by atoms with Crippen LogP contribution in [0.4, 0.5) is 4.79 Å². The zero-order valence-electron chi connectivity index (χ0n) is 10.2. The van der Waals surface area contributed by atoms with Gasteiger partial charge in [0, 0.05) is 6.04 Å². The molecular weight excluding hydrogens is 220 g/mol.